The molecule has 0 aliphatic carbocycles. The lowest BCUT2D eigenvalue weighted by Crippen LogP contribution is -2.22. The number of hydrogen-bond donors (Lipinski definition) is 1. The number of nitrogens with two attached hydrogens (primary N) is 1. The van der Waals surface area contributed by atoms with Crippen LogP contribution in [-0.2, 0) is 30.0 Å². The van der Waals surface area contributed by atoms with Crippen LogP contribution in [0.3, 0.4) is 0 Å². The van der Waals surface area contributed by atoms with E-state index in [-0.39, 0.29) is 17.2 Å². The third kappa shape index (κ3) is 6.89. The lowest BCUT2D eigenvalue weighted by atomic mass is 9.99. The standard InChI is InChI=1S/C27H27F3N4O4S/c1-33-16-23(32-17-33)25-24(34(2)15-19-6-11-22(12-7-19)38-27(28,29)30)13-8-20(26(25)39(31,35)36)14-18-4-9-21(37-3)10-5-18/h4-13,16-17H,14-15H2,1-3H3,(H2,31,35,36). The van der Waals surface area contributed by atoms with E-state index in [0.717, 1.165) is 5.56 Å². The second-order valence-electron chi connectivity index (χ2n) is 8.99. The second-order valence-corrected chi connectivity index (χ2v) is 10.5. The number of aromatic nitrogens is 2. The molecule has 1 aromatic heterocycles. The number of imidazole rings is 1. The van der Waals surface area contributed by atoms with E-state index in [4.69, 9.17) is 9.88 Å². The van der Waals surface area contributed by atoms with Crippen molar-refractivity contribution in [2.24, 2.45) is 12.2 Å². The highest BCUT2D eigenvalue weighted by molar-refractivity contribution is 7.89. The van der Waals surface area contributed by atoms with Gasteiger partial charge in [-0.1, -0.05) is 30.3 Å². The van der Waals surface area contributed by atoms with Crippen molar-refractivity contribution in [1.29, 1.82) is 0 Å². The number of hydrogen-bond acceptors (Lipinski definition) is 6. The Kier molecular flexibility index (Phi) is 7.89. The van der Waals surface area contributed by atoms with Gasteiger partial charge in [0.05, 0.1) is 24.0 Å². The Morgan fingerprint density at radius 2 is 1.59 bits per heavy atom. The molecule has 0 aliphatic rings. The third-order valence-corrected chi connectivity index (χ3v) is 7.04. The molecule has 39 heavy (non-hydrogen) atoms. The fraction of sp³-hybridized carbons (Fsp3) is 0.222. The van der Waals surface area contributed by atoms with E-state index < -0.39 is 16.4 Å². The Balaban J connectivity index is 1.76. The van der Waals surface area contributed by atoms with Crippen LogP contribution in [0.2, 0.25) is 0 Å². The number of rotatable bonds is 9. The number of anilines is 1. The van der Waals surface area contributed by atoms with Gasteiger partial charge in [0.15, 0.2) is 0 Å². The largest absolute Gasteiger partial charge is 0.573 e. The van der Waals surface area contributed by atoms with Gasteiger partial charge in [0.1, 0.15) is 11.5 Å². The Hall–Kier alpha value is -4.03. The molecule has 206 valence electrons. The van der Waals surface area contributed by atoms with Crippen molar-refractivity contribution in [3.8, 4) is 22.8 Å². The summed E-state index contributed by atoms with van der Waals surface area (Å²) in [4.78, 5) is 6.14. The predicted molar refractivity (Wildman–Crippen MR) is 141 cm³/mol. The first-order chi connectivity index (χ1) is 18.3. The van der Waals surface area contributed by atoms with Crippen molar-refractivity contribution in [3.63, 3.8) is 0 Å². The van der Waals surface area contributed by atoms with Crippen LogP contribution in [0.25, 0.3) is 11.3 Å². The molecule has 0 saturated heterocycles. The van der Waals surface area contributed by atoms with Gasteiger partial charge in [-0.2, -0.15) is 0 Å². The molecule has 0 atom stereocenters. The van der Waals surface area contributed by atoms with E-state index in [9.17, 15) is 21.6 Å². The maximum Gasteiger partial charge on any atom is 0.573 e. The van der Waals surface area contributed by atoms with Crippen LogP contribution in [0.1, 0.15) is 16.7 Å². The van der Waals surface area contributed by atoms with Crippen molar-refractivity contribution in [2.45, 2.75) is 24.2 Å². The summed E-state index contributed by atoms with van der Waals surface area (Å²) in [5, 5.41) is 5.78. The highest BCUT2D eigenvalue weighted by Gasteiger charge is 2.31. The quantitative estimate of drug-likeness (QED) is 0.314. The number of sulfonamides is 1. The zero-order valence-corrected chi connectivity index (χ0v) is 22.3. The number of methoxy groups -OCH3 is 1. The molecular weight excluding hydrogens is 533 g/mol. The normalized spacial score (nSPS) is 11.9. The first-order valence-electron chi connectivity index (χ1n) is 11.7. The van der Waals surface area contributed by atoms with Crippen molar-refractivity contribution in [3.05, 3.63) is 89.9 Å². The molecular formula is C27H27F3N4O4S. The molecule has 12 heteroatoms. The van der Waals surface area contributed by atoms with E-state index in [1.54, 1.807) is 67.5 Å². The second kappa shape index (κ2) is 11.0. The van der Waals surface area contributed by atoms with Gasteiger partial charge >= 0.3 is 6.36 Å². The lowest BCUT2D eigenvalue weighted by Gasteiger charge is -2.25. The fourth-order valence-electron chi connectivity index (χ4n) is 4.31. The number of benzene rings is 3. The molecule has 4 aromatic rings. The SMILES string of the molecule is COc1ccc(Cc2ccc(N(C)Cc3ccc(OC(F)(F)F)cc3)c(-c3cn(C)cn3)c2S(N)(=O)=O)cc1. The predicted octanol–water partition coefficient (Wildman–Crippen LogP) is 4.87. The highest BCUT2D eigenvalue weighted by atomic mass is 32.2. The molecule has 0 saturated carbocycles. The molecule has 4 rings (SSSR count). The number of nitrogens with zero attached hydrogens (tertiary/aromatic N) is 3. The van der Waals surface area contributed by atoms with Crippen LogP contribution in [-0.4, -0.2) is 38.5 Å². The van der Waals surface area contributed by atoms with Gasteiger partial charge in [-0.25, -0.2) is 18.5 Å². The summed E-state index contributed by atoms with van der Waals surface area (Å²) < 4.78 is 74.5. The first-order valence-corrected chi connectivity index (χ1v) is 13.2. The monoisotopic (exact) mass is 560 g/mol. The van der Waals surface area contributed by atoms with Crippen LogP contribution in [0.5, 0.6) is 11.5 Å². The molecule has 0 fully saturated rings. The zero-order valence-electron chi connectivity index (χ0n) is 21.4. The van der Waals surface area contributed by atoms with Gasteiger partial charge < -0.3 is 18.9 Å². The zero-order chi connectivity index (χ0) is 28.4. The highest BCUT2D eigenvalue weighted by Crippen LogP contribution is 2.38. The molecule has 8 nitrogen and oxygen atoms in total. The van der Waals surface area contributed by atoms with Gasteiger partial charge in [0.25, 0.3) is 0 Å². The number of primary sulfonamides is 1. The molecule has 0 unspecified atom stereocenters. The minimum atomic E-state index is -4.78. The third-order valence-electron chi connectivity index (χ3n) is 6.00. The van der Waals surface area contributed by atoms with Crippen LogP contribution < -0.4 is 19.5 Å². The van der Waals surface area contributed by atoms with Gasteiger partial charge in [-0.05, 0) is 53.4 Å². The molecule has 0 bridgehead atoms. The van der Waals surface area contributed by atoms with E-state index >= 15 is 0 Å². The van der Waals surface area contributed by atoms with Gasteiger partial charge in [0.2, 0.25) is 10.0 Å². The minimum Gasteiger partial charge on any atom is -0.497 e. The summed E-state index contributed by atoms with van der Waals surface area (Å²) >= 11 is 0. The smallest absolute Gasteiger partial charge is 0.497 e. The molecule has 0 spiro atoms. The van der Waals surface area contributed by atoms with Crippen molar-refractivity contribution >= 4 is 15.7 Å². The average molecular weight is 561 g/mol. The molecule has 0 aliphatic heterocycles. The van der Waals surface area contributed by atoms with Crippen molar-refractivity contribution in [2.75, 3.05) is 19.1 Å². The summed E-state index contributed by atoms with van der Waals surface area (Å²) in [5.41, 5.74) is 3.31. The van der Waals surface area contributed by atoms with E-state index in [2.05, 4.69) is 9.72 Å². The lowest BCUT2D eigenvalue weighted by molar-refractivity contribution is -0.274. The van der Waals surface area contributed by atoms with Crippen molar-refractivity contribution in [1.82, 2.24) is 9.55 Å². The van der Waals surface area contributed by atoms with E-state index in [1.165, 1.54) is 24.3 Å². The first kappa shape index (κ1) is 28.0. The Morgan fingerprint density at radius 1 is 0.974 bits per heavy atom. The van der Waals surface area contributed by atoms with Crippen LogP contribution in [0.15, 0.2) is 78.1 Å². The number of aryl methyl sites for hydroxylation is 1. The fourth-order valence-corrected chi connectivity index (χ4v) is 5.31. The minimum absolute atomic E-state index is 0.0460. The number of ether oxygens (including phenoxy) is 2. The average Bonchev–Trinajstić information content (AvgIpc) is 3.29. The summed E-state index contributed by atoms with van der Waals surface area (Å²) in [6.45, 7) is 0.258. The Bertz CT molecular complexity index is 1550. The van der Waals surface area contributed by atoms with Gasteiger partial charge in [0, 0.05) is 38.1 Å². The van der Waals surface area contributed by atoms with Crippen LogP contribution in [0, 0.1) is 0 Å². The Labute approximate surface area is 224 Å². The van der Waals surface area contributed by atoms with E-state index in [1.807, 2.05) is 12.1 Å². The number of halogens is 3. The van der Waals surface area contributed by atoms with E-state index in [0.29, 0.717) is 40.2 Å². The topological polar surface area (TPSA) is 99.7 Å². The van der Waals surface area contributed by atoms with Crippen molar-refractivity contribution < 1.29 is 31.1 Å². The summed E-state index contributed by atoms with van der Waals surface area (Å²) in [6.07, 6.45) is -1.24. The molecule has 1 heterocycles. The molecule has 0 amide bonds. The summed E-state index contributed by atoms with van der Waals surface area (Å²) in [7, 11) is 0.865. The maximum atomic E-state index is 13.0. The van der Waals surface area contributed by atoms with Crippen LogP contribution in [0.4, 0.5) is 18.9 Å². The maximum absolute atomic E-state index is 13.0. The molecule has 3 aromatic carbocycles. The van der Waals surface area contributed by atoms with Crippen LogP contribution >= 0.6 is 0 Å². The summed E-state index contributed by atoms with van der Waals surface area (Å²) in [5.74, 6) is 0.344. The molecule has 2 N–H and O–H groups in total. The molecule has 0 radical (unpaired) electrons. The Morgan fingerprint density at radius 3 is 2.13 bits per heavy atom. The number of alkyl halides is 3. The van der Waals surface area contributed by atoms with Gasteiger partial charge in [-0.3, -0.25) is 0 Å². The summed E-state index contributed by atoms with van der Waals surface area (Å²) in [6, 6.07) is 16.2. The van der Waals surface area contributed by atoms with Gasteiger partial charge in [-0.15, -0.1) is 13.2 Å².